The lowest BCUT2D eigenvalue weighted by molar-refractivity contribution is -0.130. The molecule has 2 aromatic carbocycles. The Balaban J connectivity index is 1.55. The standard InChI is InChI=1S/C25H31N5O3/c1-29(2)22-13-14-30(17-22)16-20-7-5-18(6-8-20)3-4-19-9-11-21(12-10-19)24(31)27-23(15-26)25(32)28-33/h5-12,22-23,33H,13-17,26H2,1-2H3,(H,27,31)(H,28,32)/t22-,23-/m0/s1. The minimum atomic E-state index is -1.01. The molecule has 0 bridgehead atoms. The largest absolute Gasteiger partial charge is 0.339 e. The van der Waals surface area contributed by atoms with Crippen molar-refractivity contribution in [2.24, 2.45) is 5.73 Å². The third kappa shape index (κ3) is 6.88. The molecule has 8 nitrogen and oxygen atoms in total. The maximum absolute atomic E-state index is 12.3. The number of benzene rings is 2. The molecule has 0 spiro atoms. The van der Waals surface area contributed by atoms with Gasteiger partial charge in [0.25, 0.3) is 11.8 Å². The summed E-state index contributed by atoms with van der Waals surface area (Å²) in [7, 11) is 4.28. The van der Waals surface area contributed by atoms with Gasteiger partial charge in [-0.1, -0.05) is 24.0 Å². The van der Waals surface area contributed by atoms with E-state index in [1.165, 1.54) is 17.5 Å². The summed E-state index contributed by atoms with van der Waals surface area (Å²) < 4.78 is 0. The van der Waals surface area contributed by atoms with Crippen molar-refractivity contribution < 1.29 is 14.8 Å². The van der Waals surface area contributed by atoms with Gasteiger partial charge < -0.3 is 16.0 Å². The number of nitrogens with two attached hydrogens (primary N) is 1. The molecule has 33 heavy (non-hydrogen) atoms. The molecule has 0 aromatic heterocycles. The van der Waals surface area contributed by atoms with Crippen LogP contribution in [0.25, 0.3) is 0 Å². The Bertz CT molecular complexity index is 1010. The topological polar surface area (TPSA) is 111 Å². The number of hydroxylamine groups is 1. The normalized spacial score (nSPS) is 16.7. The van der Waals surface area contributed by atoms with Gasteiger partial charge >= 0.3 is 0 Å². The van der Waals surface area contributed by atoms with Gasteiger partial charge in [-0.2, -0.15) is 0 Å². The van der Waals surface area contributed by atoms with Gasteiger partial charge in [0, 0.05) is 48.9 Å². The van der Waals surface area contributed by atoms with Crippen molar-refractivity contribution >= 4 is 11.8 Å². The first kappa shape index (κ1) is 24.4. The van der Waals surface area contributed by atoms with Crippen molar-refractivity contribution in [1.82, 2.24) is 20.6 Å². The maximum Gasteiger partial charge on any atom is 0.267 e. The van der Waals surface area contributed by atoms with E-state index in [1.807, 2.05) is 12.1 Å². The van der Waals surface area contributed by atoms with Crippen LogP contribution in [0.1, 0.15) is 33.5 Å². The molecule has 8 heteroatoms. The number of hydrogen-bond donors (Lipinski definition) is 4. The summed E-state index contributed by atoms with van der Waals surface area (Å²) in [5.74, 6) is 5.03. The smallest absolute Gasteiger partial charge is 0.267 e. The number of carbonyl (C=O) groups is 2. The van der Waals surface area contributed by atoms with Crippen molar-refractivity contribution in [2.45, 2.75) is 25.0 Å². The van der Waals surface area contributed by atoms with Crippen LogP contribution in [0, 0.1) is 11.8 Å². The van der Waals surface area contributed by atoms with Gasteiger partial charge in [-0.25, -0.2) is 5.48 Å². The van der Waals surface area contributed by atoms with E-state index < -0.39 is 17.9 Å². The van der Waals surface area contributed by atoms with Crippen LogP contribution in [-0.4, -0.2) is 72.6 Å². The summed E-state index contributed by atoms with van der Waals surface area (Å²) >= 11 is 0. The fraction of sp³-hybridized carbons (Fsp3) is 0.360. The Morgan fingerprint density at radius 2 is 1.73 bits per heavy atom. The van der Waals surface area contributed by atoms with E-state index in [9.17, 15) is 9.59 Å². The Labute approximate surface area is 194 Å². The van der Waals surface area contributed by atoms with Crippen molar-refractivity contribution in [3.05, 3.63) is 70.8 Å². The van der Waals surface area contributed by atoms with Crippen LogP contribution < -0.4 is 16.5 Å². The van der Waals surface area contributed by atoms with Crippen LogP contribution in [0.2, 0.25) is 0 Å². The zero-order valence-electron chi connectivity index (χ0n) is 19.0. The molecule has 2 atom stereocenters. The SMILES string of the molecule is CN(C)[C@H]1CCN(Cc2ccc(C#Cc3ccc(C(=O)N[C@@H](CN)C(=O)NO)cc3)cc2)C1. The quantitative estimate of drug-likeness (QED) is 0.283. The molecule has 0 radical (unpaired) electrons. The summed E-state index contributed by atoms with van der Waals surface area (Å²) in [5, 5.41) is 11.2. The number of carbonyl (C=O) groups excluding carboxylic acids is 2. The molecule has 174 valence electrons. The molecule has 2 aromatic rings. The van der Waals surface area contributed by atoms with E-state index in [1.54, 1.807) is 24.3 Å². The second kappa shape index (κ2) is 11.6. The molecule has 2 amide bonds. The zero-order chi connectivity index (χ0) is 23.8. The van der Waals surface area contributed by atoms with Crippen molar-refractivity contribution in [1.29, 1.82) is 0 Å². The molecule has 1 aliphatic heterocycles. The van der Waals surface area contributed by atoms with Gasteiger partial charge in [-0.05, 0) is 62.5 Å². The average molecular weight is 450 g/mol. The van der Waals surface area contributed by atoms with Crippen LogP contribution in [0.5, 0.6) is 0 Å². The molecule has 1 saturated heterocycles. The number of rotatable bonds is 7. The first-order chi connectivity index (χ1) is 15.9. The lowest BCUT2D eigenvalue weighted by Gasteiger charge is -2.20. The first-order valence-corrected chi connectivity index (χ1v) is 10.9. The van der Waals surface area contributed by atoms with Gasteiger partial charge in [0.2, 0.25) is 0 Å². The molecule has 3 rings (SSSR count). The Morgan fingerprint density at radius 1 is 1.12 bits per heavy atom. The summed E-state index contributed by atoms with van der Waals surface area (Å²) in [5.41, 5.74) is 10.3. The second-order valence-electron chi connectivity index (χ2n) is 8.40. The average Bonchev–Trinajstić information content (AvgIpc) is 3.30. The summed E-state index contributed by atoms with van der Waals surface area (Å²) in [6, 6.07) is 14.7. The first-order valence-electron chi connectivity index (χ1n) is 10.9. The molecule has 0 aliphatic carbocycles. The molecule has 0 unspecified atom stereocenters. The summed E-state index contributed by atoms with van der Waals surface area (Å²) in [6.45, 7) is 3.05. The van der Waals surface area contributed by atoms with Crippen LogP contribution in [-0.2, 0) is 11.3 Å². The zero-order valence-corrected chi connectivity index (χ0v) is 19.0. The Kier molecular flexibility index (Phi) is 8.58. The van der Waals surface area contributed by atoms with Gasteiger partial charge in [0.05, 0.1) is 0 Å². The second-order valence-corrected chi connectivity index (χ2v) is 8.40. The van der Waals surface area contributed by atoms with Crippen molar-refractivity contribution in [3.63, 3.8) is 0 Å². The predicted octanol–water partition coefficient (Wildman–Crippen LogP) is 0.785. The molecule has 5 N–H and O–H groups in total. The van der Waals surface area contributed by atoms with E-state index in [0.717, 1.165) is 30.8 Å². The molecule has 1 heterocycles. The van der Waals surface area contributed by atoms with E-state index >= 15 is 0 Å². The fourth-order valence-electron chi connectivity index (χ4n) is 3.73. The molecular formula is C25H31N5O3. The number of nitrogens with one attached hydrogen (secondary N) is 2. The summed E-state index contributed by atoms with van der Waals surface area (Å²) in [6.07, 6.45) is 1.21. The highest BCUT2D eigenvalue weighted by molar-refractivity contribution is 5.97. The monoisotopic (exact) mass is 449 g/mol. The fourth-order valence-corrected chi connectivity index (χ4v) is 3.73. The highest BCUT2D eigenvalue weighted by Crippen LogP contribution is 2.16. The molecule has 1 aliphatic rings. The van der Waals surface area contributed by atoms with Crippen molar-refractivity contribution in [3.8, 4) is 11.8 Å². The number of likely N-dealkylation sites (N-methyl/N-ethyl adjacent to an activating group) is 1. The molecular weight excluding hydrogens is 418 g/mol. The van der Waals surface area contributed by atoms with Gasteiger partial charge in [-0.3, -0.25) is 19.7 Å². The third-order valence-corrected chi connectivity index (χ3v) is 5.80. The minimum Gasteiger partial charge on any atom is -0.339 e. The lowest BCUT2D eigenvalue weighted by atomic mass is 10.1. The van der Waals surface area contributed by atoms with Gasteiger partial charge in [0.1, 0.15) is 6.04 Å². The van der Waals surface area contributed by atoms with Crippen LogP contribution in [0.3, 0.4) is 0 Å². The summed E-state index contributed by atoms with van der Waals surface area (Å²) in [4.78, 5) is 28.5. The lowest BCUT2D eigenvalue weighted by Crippen LogP contribution is -2.50. The van der Waals surface area contributed by atoms with Gasteiger partial charge in [-0.15, -0.1) is 0 Å². The van der Waals surface area contributed by atoms with E-state index in [2.05, 4.69) is 53.2 Å². The molecule has 0 saturated carbocycles. The highest BCUT2D eigenvalue weighted by atomic mass is 16.5. The van der Waals surface area contributed by atoms with Crippen LogP contribution >= 0.6 is 0 Å². The van der Waals surface area contributed by atoms with E-state index in [-0.39, 0.29) is 6.54 Å². The number of hydrogen-bond acceptors (Lipinski definition) is 6. The minimum absolute atomic E-state index is 0.130. The van der Waals surface area contributed by atoms with Crippen LogP contribution in [0.15, 0.2) is 48.5 Å². The number of likely N-dealkylation sites (tertiary alicyclic amines) is 1. The van der Waals surface area contributed by atoms with Gasteiger partial charge in [0.15, 0.2) is 0 Å². The van der Waals surface area contributed by atoms with Crippen molar-refractivity contribution in [2.75, 3.05) is 33.7 Å². The predicted molar refractivity (Wildman–Crippen MR) is 126 cm³/mol. The highest BCUT2D eigenvalue weighted by Gasteiger charge is 2.23. The van der Waals surface area contributed by atoms with E-state index in [0.29, 0.717) is 11.6 Å². The maximum atomic E-state index is 12.3. The Morgan fingerprint density at radius 3 is 2.24 bits per heavy atom. The van der Waals surface area contributed by atoms with Crippen LogP contribution in [0.4, 0.5) is 0 Å². The number of nitrogens with zero attached hydrogens (tertiary/aromatic N) is 2. The van der Waals surface area contributed by atoms with E-state index in [4.69, 9.17) is 10.9 Å². The Hall–Kier alpha value is -3.22. The number of amides is 2. The third-order valence-electron chi connectivity index (χ3n) is 5.80. The molecule has 1 fully saturated rings.